The van der Waals surface area contributed by atoms with E-state index in [1.165, 1.54) is 0 Å². The zero-order valence-electron chi connectivity index (χ0n) is 19.5. The van der Waals surface area contributed by atoms with Gasteiger partial charge >= 0.3 is 0 Å². The van der Waals surface area contributed by atoms with Crippen molar-refractivity contribution in [3.8, 4) is 11.4 Å². The average molecular weight is 458 g/mol. The number of aromatic nitrogens is 5. The van der Waals surface area contributed by atoms with E-state index in [1.807, 2.05) is 36.7 Å². The Kier molecular flexibility index (Phi) is 5.61. The minimum atomic E-state index is -0.313. The first kappa shape index (κ1) is 21.8. The lowest BCUT2D eigenvalue weighted by atomic mass is 10.1. The highest BCUT2D eigenvalue weighted by molar-refractivity contribution is 6.06. The largest absolute Gasteiger partial charge is 0.352 e. The molecule has 0 saturated carbocycles. The van der Waals surface area contributed by atoms with Crippen LogP contribution in [0.15, 0.2) is 42.5 Å². The number of amides is 2. The maximum atomic E-state index is 13.2. The van der Waals surface area contributed by atoms with Gasteiger partial charge in [-0.05, 0) is 63.4 Å². The number of carbonyl (C=O) groups is 2. The van der Waals surface area contributed by atoms with Gasteiger partial charge in [0.25, 0.3) is 11.8 Å². The summed E-state index contributed by atoms with van der Waals surface area (Å²) in [5.74, 6) is 1.56. The number of hydrogen-bond donors (Lipinski definition) is 2. The Balaban J connectivity index is 1.67. The van der Waals surface area contributed by atoms with E-state index in [9.17, 15) is 9.59 Å². The number of anilines is 1. The molecule has 0 unspecified atom stereocenters. The van der Waals surface area contributed by atoms with Gasteiger partial charge in [-0.1, -0.05) is 12.1 Å². The Morgan fingerprint density at radius 3 is 2.53 bits per heavy atom. The van der Waals surface area contributed by atoms with Crippen LogP contribution in [0, 0.1) is 6.92 Å². The third kappa shape index (κ3) is 3.83. The van der Waals surface area contributed by atoms with Crippen molar-refractivity contribution in [2.45, 2.75) is 39.2 Å². The van der Waals surface area contributed by atoms with Gasteiger partial charge in [-0.2, -0.15) is 0 Å². The second-order valence-electron chi connectivity index (χ2n) is 8.74. The lowest BCUT2D eigenvalue weighted by Gasteiger charge is -2.20. The SMILES string of the molecule is Cc1nnc(-c2cccc3nc4n(c23)[C@H](C)CCCCNC(=O)c2cccc(c2)C(=O)N4)n1C. The summed E-state index contributed by atoms with van der Waals surface area (Å²) in [5, 5.41) is 14.6. The van der Waals surface area contributed by atoms with Gasteiger partial charge in [-0.25, -0.2) is 4.98 Å². The van der Waals surface area contributed by atoms with Crippen molar-refractivity contribution >= 4 is 28.8 Å². The smallest absolute Gasteiger partial charge is 0.257 e. The molecule has 0 aliphatic carbocycles. The maximum absolute atomic E-state index is 13.2. The fraction of sp³-hybridized carbons (Fsp3) is 0.320. The molecule has 4 aromatic rings. The molecule has 174 valence electrons. The van der Waals surface area contributed by atoms with Crippen LogP contribution in [-0.4, -0.2) is 42.7 Å². The lowest BCUT2D eigenvalue weighted by molar-refractivity contribution is 0.0953. The summed E-state index contributed by atoms with van der Waals surface area (Å²) in [6.45, 7) is 4.63. The molecule has 1 aliphatic heterocycles. The van der Waals surface area contributed by atoms with E-state index >= 15 is 0 Å². The van der Waals surface area contributed by atoms with Gasteiger partial charge in [0.2, 0.25) is 5.95 Å². The van der Waals surface area contributed by atoms with E-state index in [0.717, 1.165) is 47.5 Å². The van der Waals surface area contributed by atoms with Gasteiger partial charge in [0.15, 0.2) is 5.82 Å². The lowest BCUT2D eigenvalue weighted by Crippen LogP contribution is -2.25. The monoisotopic (exact) mass is 457 g/mol. The molecule has 9 heteroatoms. The first-order chi connectivity index (χ1) is 16.4. The van der Waals surface area contributed by atoms with E-state index in [4.69, 9.17) is 4.98 Å². The van der Waals surface area contributed by atoms with Crippen LogP contribution >= 0.6 is 0 Å². The van der Waals surface area contributed by atoms with E-state index < -0.39 is 0 Å². The molecule has 1 aliphatic rings. The molecule has 2 aromatic carbocycles. The normalized spacial score (nSPS) is 17.1. The Bertz CT molecular complexity index is 1400. The summed E-state index contributed by atoms with van der Waals surface area (Å²) < 4.78 is 4.05. The van der Waals surface area contributed by atoms with Gasteiger partial charge in [-0.3, -0.25) is 14.9 Å². The first-order valence-electron chi connectivity index (χ1n) is 11.5. The van der Waals surface area contributed by atoms with E-state index in [-0.39, 0.29) is 17.9 Å². The van der Waals surface area contributed by atoms with Gasteiger partial charge in [0, 0.05) is 36.3 Å². The van der Waals surface area contributed by atoms with E-state index in [0.29, 0.717) is 23.6 Å². The van der Waals surface area contributed by atoms with Gasteiger partial charge in [0.05, 0.1) is 11.0 Å². The molecule has 0 radical (unpaired) electrons. The number of para-hydroxylation sites is 1. The van der Waals surface area contributed by atoms with Gasteiger partial charge in [0.1, 0.15) is 5.82 Å². The first-order valence-corrected chi connectivity index (χ1v) is 11.5. The molecule has 34 heavy (non-hydrogen) atoms. The number of benzene rings is 2. The molecule has 2 amide bonds. The van der Waals surface area contributed by atoms with Gasteiger partial charge in [-0.15, -0.1) is 10.2 Å². The van der Waals surface area contributed by atoms with Crippen molar-refractivity contribution in [2.24, 2.45) is 7.05 Å². The molecule has 2 aromatic heterocycles. The van der Waals surface area contributed by atoms with Crippen LogP contribution in [0.4, 0.5) is 5.95 Å². The predicted molar refractivity (Wildman–Crippen MR) is 130 cm³/mol. The number of hydrogen-bond acceptors (Lipinski definition) is 5. The number of fused-ring (bicyclic) bond motifs is 5. The molecule has 1 atom stereocenters. The Labute approximate surface area is 197 Å². The zero-order chi connectivity index (χ0) is 23.8. The number of aryl methyl sites for hydroxylation is 1. The van der Waals surface area contributed by atoms with Crippen molar-refractivity contribution < 1.29 is 9.59 Å². The summed E-state index contributed by atoms with van der Waals surface area (Å²) >= 11 is 0. The van der Waals surface area contributed by atoms with E-state index in [1.54, 1.807) is 24.3 Å². The topological polar surface area (TPSA) is 107 Å². The summed E-state index contributed by atoms with van der Waals surface area (Å²) in [6.07, 6.45) is 2.64. The standard InChI is InChI=1S/C25H27N7O2/c1-15-8-4-5-13-26-23(33)17-9-6-10-18(14-17)24(34)28-25-27-20-12-7-11-19(21(20)32(15)25)22-30-29-16(2)31(22)3/h6-7,9-12,14-15H,4-5,8,13H2,1-3H3,(H,26,33)(H,27,28,34)/t15-/m1/s1. The highest BCUT2D eigenvalue weighted by Crippen LogP contribution is 2.34. The van der Waals surface area contributed by atoms with Crippen molar-refractivity contribution in [2.75, 3.05) is 11.9 Å². The molecule has 2 N–H and O–H groups in total. The second kappa shape index (κ2) is 8.74. The molecule has 0 fully saturated rings. The van der Waals surface area contributed by atoms with Crippen LogP contribution in [-0.2, 0) is 7.05 Å². The Morgan fingerprint density at radius 2 is 1.76 bits per heavy atom. The van der Waals surface area contributed by atoms with Crippen LogP contribution in [0.3, 0.4) is 0 Å². The van der Waals surface area contributed by atoms with Crippen LogP contribution in [0.1, 0.15) is 58.8 Å². The Hall–Kier alpha value is -4.01. The second-order valence-corrected chi connectivity index (χ2v) is 8.74. The third-order valence-electron chi connectivity index (χ3n) is 6.43. The molecule has 2 bridgehead atoms. The molecule has 0 spiro atoms. The minimum absolute atomic E-state index is 0.0563. The van der Waals surface area contributed by atoms with Crippen molar-refractivity contribution in [1.82, 2.24) is 29.6 Å². The fourth-order valence-corrected chi connectivity index (χ4v) is 4.46. The number of nitrogens with zero attached hydrogens (tertiary/aromatic N) is 5. The van der Waals surface area contributed by atoms with Crippen LogP contribution in [0.2, 0.25) is 0 Å². The van der Waals surface area contributed by atoms with Crippen LogP contribution in [0.25, 0.3) is 22.4 Å². The molecular formula is C25H27N7O2. The zero-order valence-corrected chi connectivity index (χ0v) is 19.5. The van der Waals surface area contributed by atoms with Crippen molar-refractivity contribution in [3.63, 3.8) is 0 Å². The van der Waals surface area contributed by atoms with Crippen molar-refractivity contribution in [1.29, 1.82) is 0 Å². The molecule has 9 nitrogen and oxygen atoms in total. The Morgan fingerprint density at radius 1 is 1.00 bits per heavy atom. The highest BCUT2D eigenvalue weighted by atomic mass is 16.2. The van der Waals surface area contributed by atoms with Crippen LogP contribution < -0.4 is 10.6 Å². The third-order valence-corrected chi connectivity index (χ3v) is 6.43. The number of nitrogens with one attached hydrogen (secondary N) is 2. The van der Waals surface area contributed by atoms with E-state index in [2.05, 4.69) is 32.3 Å². The molecule has 5 rings (SSSR count). The predicted octanol–water partition coefficient (Wildman–Crippen LogP) is 3.87. The molecular weight excluding hydrogens is 430 g/mol. The number of carbonyl (C=O) groups excluding carboxylic acids is 2. The van der Waals surface area contributed by atoms with Crippen molar-refractivity contribution in [3.05, 3.63) is 59.4 Å². The quantitative estimate of drug-likeness (QED) is 0.451. The molecule has 0 saturated heterocycles. The summed E-state index contributed by atoms with van der Waals surface area (Å²) in [7, 11) is 1.94. The highest BCUT2D eigenvalue weighted by Gasteiger charge is 2.23. The number of rotatable bonds is 1. The number of imidazole rings is 1. The summed E-state index contributed by atoms with van der Waals surface area (Å²) in [6, 6.07) is 12.7. The maximum Gasteiger partial charge on any atom is 0.257 e. The fourth-order valence-electron chi connectivity index (χ4n) is 4.46. The van der Waals surface area contributed by atoms with Crippen LogP contribution in [0.5, 0.6) is 0 Å². The summed E-state index contributed by atoms with van der Waals surface area (Å²) in [5.41, 5.74) is 3.47. The molecule has 3 heterocycles. The van der Waals surface area contributed by atoms with Gasteiger partial charge < -0.3 is 14.5 Å². The minimum Gasteiger partial charge on any atom is -0.352 e. The average Bonchev–Trinajstić information content (AvgIpc) is 3.37. The summed E-state index contributed by atoms with van der Waals surface area (Å²) in [4.78, 5) is 30.4.